The summed E-state index contributed by atoms with van der Waals surface area (Å²) in [5, 5.41) is 31.0. The molecule has 0 aliphatic rings. The van der Waals surface area contributed by atoms with Gasteiger partial charge in [-0.2, -0.15) is 5.26 Å². The van der Waals surface area contributed by atoms with Gasteiger partial charge < -0.3 is 5.11 Å². The predicted octanol–water partition coefficient (Wildman–Crippen LogP) is 4.15. The minimum absolute atomic E-state index is 0.00769. The molecule has 0 aliphatic carbocycles. The normalized spacial score (nSPS) is 11.8. The number of para-hydroxylation sites is 1. The second kappa shape index (κ2) is 5.87. The molecule has 3 aromatic rings. The van der Waals surface area contributed by atoms with E-state index in [9.17, 15) is 20.5 Å². The minimum atomic E-state index is -0.555. The molecular weight excluding hydrogens is 314 g/mol. The van der Waals surface area contributed by atoms with Crippen molar-refractivity contribution in [3.63, 3.8) is 0 Å². The number of hydrogen-bond acceptors (Lipinski definition) is 6. The molecule has 7 heteroatoms. The maximum absolute atomic E-state index is 10.8. The number of nitro groups is 1. The highest BCUT2D eigenvalue weighted by atomic mass is 32.1. The Morgan fingerprint density at radius 2 is 2.04 bits per heavy atom. The fraction of sp³-hybridized carbons (Fsp3) is 0. The van der Waals surface area contributed by atoms with Gasteiger partial charge in [0.05, 0.1) is 15.1 Å². The number of nitriles is 1. The second-order valence-corrected chi connectivity index (χ2v) is 5.66. The summed E-state index contributed by atoms with van der Waals surface area (Å²) in [5.41, 5.74) is 0.768. The predicted molar refractivity (Wildman–Crippen MR) is 87.8 cm³/mol. The largest absolute Gasteiger partial charge is 0.506 e. The highest BCUT2D eigenvalue weighted by Gasteiger charge is 2.17. The van der Waals surface area contributed by atoms with Crippen molar-refractivity contribution < 1.29 is 10.0 Å². The van der Waals surface area contributed by atoms with Crippen molar-refractivity contribution in [1.29, 1.82) is 5.26 Å². The molecule has 0 bridgehead atoms. The van der Waals surface area contributed by atoms with Crippen LogP contribution in [0.3, 0.4) is 0 Å². The molecule has 0 atom stereocenters. The van der Waals surface area contributed by atoms with E-state index in [1.165, 1.54) is 35.6 Å². The number of benzene rings is 2. The van der Waals surface area contributed by atoms with Crippen LogP contribution in [0.5, 0.6) is 0 Å². The lowest BCUT2D eigenvalue weighted by molar-refractivity contribution is -0.384. The summed E-state index contributed by atoms with van der Waals surface area (Å²) in [7, 11) is 0. The summed E-state index contributed by atoms with van der Waals surface area (Å²) >= 11 is 1.28. The van der Waals surface area contributed by atoms with Gasteiger partial charge in [-0.3, -0.25) is 10.1 Å². The van der Waals surface area contributed by atoms with Crippen LogP contribution in [0.2, 0.25) is 0 Å². The Labute approximate surface area is 134 Å². The summed E-state index contributed by atoms with van der Waals surface area (Å²) in [6.07, 6.45) is 0. The second-order valence-electron chi connectivity index (χ2n) is 4.63. The van der Waals surface area contributed by atoms with E-state index >= 15 is 0 Å². The van der Waals surface area contributed by atoms with Gasteiger partial charge in [-0.05, 0) is 12.1 Å². The van der Waals surface area contributed by atoms with Gasteiger partial charge in [-0.1, -0.05) is 24.3 Å². The topological polar surface area (TPSA) is 100 Å². The molecule has 0 radical (unpaired) electrons. The number of aliphatic hydroxyl groups excluding tert-OH is 1. The number of aliphatic hydroxyl groups is 1. The van der Waals surface area contributed by atoms with E-state index in [1.807, 2.05) is 30.3 Å². The van der Waals surface area contributed by atoms with Crippen LogP contribution in [0.25, 0.3) is 21.5 Å². The molecule has 1 heterocycles. The third-order valence-corrected chi connectivity index (χ3v) is 4.24. The van der Waals surface area contributed by atoms with Crippen LogP contribution in [0.15, 0.2) is 48.5 Å². The average Bonchev–Trinajstić information content (AvgIpc) is 2.99. The van der Waals surface area contributed by atoms with Crippen LogP contribution >= 0.6 is 11.3 Å². The molecule has 0 unspecified atom stereocenters. The monoisotopic (exact) mass is 323 g/mol. The molecule has 1 aromatic heterocycles. The van der Waals surface area contributed by atoms with Crippen LogP contribution in [0, 0.1) is 21.4 Å². The van der Waals surface area contributed by atoms with Crippen molar-refractivity contribution in [1.82, 2.24) is 4.98 Å². The van der Waals surface area contributed by atoms with Crippen LogP contribution in [-0.4, -0.2) is 15.0 Å². The number of nitro benzene ring substituents is 1. The molecule has 0 saturated carbocycles. The smallest absolute Gasteiger partial charge is 0.270 e. The number of aromatic nitrogens is 1. The Balaban J connectivity index is 2.14. The van der Waals surface area contributed by atoms with Crippen LogP contribution in [0.4, 0.5) is 5.69 Å². The molecule has 0 aliphatic heterocycles. The molecule has 112 valence electrons. The first-order valence-corrected chi connectivity index (χ1v) is 7.36. The van der Waals surface area contributed by atoms with Crippen molar-refractivity contribution in [3.05, 3.63) is 69.2 Å². The summed E-state index contributed by atoms with van der Waals surface area (Å²) in [6, 6.07) is 14.8. The van der Waals surface area contributed by atoms with Crippen molar-refractivity contribution in [2.75, 3.05) is 0 Å². The van der Waals surface area contributed by atoms with Crippen molar-refractivity contribution in [2.45, 2.75) is 0 Å². The van der Waals surface area contributed by atoms with E-state index in [0.29, 0.717) is 5.01 Å². The summed E-state index contributed by atoms with van der Waals surface area (Å²) < 4.78 is 0.891. The van der Waals surface area contributed by atoms with Crippen LogP contribution < -0.4 is 0 Å². The summed E-state index contributed by atoms with van der Waals surface area (Å²) in [5.74, 6) is -0.324. The van der Waals surface area contributed by atoms with Crippen molar-refractivity contribution in [3.8, 4) is 6.07 Å². The minimum Gasteiger partial charge on any atom is -0.506 e. The van der Waals surface area contributed by atoms with E-state index in [0.717, 1.165) is 10.2 Å². The third-order valence-electron chi connectivity index (χ3n) is 3.19. The fourth-order valence-corrected chi connectivity index (χ4v) is 3.05. The molecule has 1 N–H and O–H groups in total. The quantitative estimate of drug-likeness (QED) is 0.338. The molecule has 6 nitrogen and oxygen atoms in total. The number of hydrogen-bond donors (Lipinski definition) is 1. The zero-order valence-electron chi connectivity index (χ0n) is 11.6. The van der Waals surface area contributed by atoms with E-state index in [-0.39, 0.29) is 22.6 Å². The molecule has 0 saturated heterocycles. The van der Waals surface area contributed by atoms with Gasteiger partial charge in [0.2, 0.25) is 0 Å². The number of rotatable bonds is 3. The van der Waals surface area contributed by atoms with E-state index < -0.39 is 4.92 Å². The first-order valence-electron chi connectivity index (χ1n) is 6.54. The van der Waals surface area contributed by atoms with Gasteiger partial charge in [0.25, 0.3) is 5.69 Å². The van der Waals surface area contributed by atoms with Crippen LogP contribution in [0.1, 0.15) is 10.6 Å². The molecular formula is C16H9N3O3S. The highest BCUT2D eigenvalue weighted by Crippen LogP contribution is 2.31. The van der Waals surface area contributed by atoms with Gasteiger partial charge in [-0.25, -0.2) is 4.98 Å². The summed E-state index contributed by atoms with van der Waals surface area (Å²) in [6.45, 7) is 0. The van der Waals surface area contributed by atoms with E-state index in [1.54, 1.807) is 0 Å². The molecule has 0 amide bonds. The summed E-state index contributed by atoms with van der Waals surface area (Å²) in [4.78, 5) is 14.6. The molecule has 2 aromatic carbocycles. The van der Waals surface area contributed by atoms with E-state index in [2.05, 4.69) is 4.98 Å². The lowest BCUT2D eigenvalue weighted by Crippen LogP contribution is -1.93. The SMILES string of the molecule is N#C/C(=C(/O)c1cccc([N+](=O)[O-])c1)c1nc2ccccc2s1. The molecule has 23 heavy (non-hydrogen) atoms. The van der Waals surface area contributed by atoms with Crippen LogP contribution in [-0.2, 0) is 0 Å². The molecule has 0 fully saturated rings. The van der Waals surface area contributed by atoms with Gasteiger partial charge in [0.1, 0.15) is 22.4 Å². The maximum atomic E-state index is 10.8. The van der Waals surface area contributed by atoms with Crippen molar-refractivity contribution >= 4 is 38.6 Å². The number of nitrogens with zero attached hydrogens (tertiary/aromatic N) is 3. The Kier molecular flexibility index (Phi) is 3.75. The first-order chi connectivity index (χ1) is 11.1. The lowest BCUT2D eigenvalue weighted by Gasteiger charge is -2.02. The third kappa shape index (κ3) is 2.75. The van der Waals surface area contributed by atoms with Gasteiger partial charge >= 0.3 is 0 Å². The average molecular weight is 323 g/mol. The first kappa shape index (κ1) is 14.7. The van der Waals surface area contributed by atoms with Gasteiger partial charge in [0.15, 0.2) is 0 Å². The molecule has 3 rings (SSSR count). The zero-order valence-corrected chi connectivity index (χ0v) is 12.4. The Bertz CT molecular complexity index is 952. The Hall–Kier alpha value is -3.24. The van der Waals surface area contributed by atoms with Gasteiger partial charge in [-0.15, -0.1) is 11.3 Å². The number of non-ortho nitro benzene ring substituents is 1. The Morgan fingerprint density at radius 1 is 1.26 bits per heavy atom. The van der Waals surface area contributed by atoms with Crippen molar-refractivity contribution in [2.24, 2.45) is 0 Å². The zero-order chi connectivity index (χ0) is 16.4. The highest BCUT2D eigenvalue weighted by molar-refractivity contribution is 7.19. The number of allylic oxidation sites excluding steroid dienone is 1. The standard InChI is InChI=1S/C16H9N3O3S/c17-9-12(16-18-13-6-1-2-7-14(13)23-16)15(20)10-4-3-5-11(8-10)19(21)22/h1-8,20H/b15-12-. The number of thiazole rings is 1. The number of fused-ring (bicyclic) bond motifs is 1. The maximum Gasteiger partial charge on any atom is 0.270 e. The fourth-order valence-electron chi connectivity index (χ4n) is 2.09. The van der Waals surface area contributed by atoms with Gasteiger partial charge in [0, 0.05) is 17.7 Å². The van der Waals surface area contributed by atoms with E-state index in [4.69, 9.17) is 0 Å². The molecule has 0 spiro atoms. The Morgan fingerprint density at radius 3 is 2.74 bits per heavy atom. The lowest BCUT2D eigenvalue weighted by atomic mass is 10.1.